The van der Waals surface area contributed by atoms with Crippen LogP contribution in [0, 0.1) is 17.8 Å². The van der Waals surface area contributed by atoms with E-state index in [1.165, 1.54) is 0 Å². The molecule has 0 aromatic carbocycles. The number of H-pyrrole nitrogens is 1. The Labute approximate surface area is 208 Å². The Bertz CT molecular complexity index is 1170. The predicted octanol–water partition coefficient (Wildman–Crippen LogP) is 3.75. The number of anilines is 1. The molecule has 1 aliphatic heterocycles. The van der Waals surface area contributed by atoms with E-state index >= 15 is 0 Å². The zero-order valence-corrected chi connectivity index (χ0v) is 20.8. The third-order valence-corrected chi connectivity index (χ3v) is 7.24. The number of pyridine rings is 1. The number of carbonyl (C=O) groups is 2. The van der Waals surface area contributed by atoms with Crippen molar-refractivity contribution in [3.8, 4) is 0 Å². The number of hydrogen-bond acceptors (Lipinski definition) is 8. The van der Waals surface area contributed by atoms with Crippen LogP contribution in [0.5, 0.6) is 0 Å². The van der Waals surface area contributed by atoms with Gasteiger partial charge >= 0.3 is 6.16 Å². The number of aromatic amines is 1. The number of imidazole rings is 1. The standard InChI is InChI=1S/C24H31ClN6O4/c1-24(2,3)34-23(33)35-31-8-4-5-14(11-31)21-29-19-18(15(25)10-27-22(19)30-21)28-17-13-7-6-12(9-13)16(17)20(26)32/h6-7,10,12-14,16-17H,4-5,8-9,11H2,1-3H3,(H2,26,32)(H2,27,28,29,30)/t12-,13+,14?,16+,17-/m1/s1. The van der Waals surface area contributed by atoms with Crippen molar-refractivity contribution in [1.82, 2.24) is 20.0 Å². The van der Waals surface area contributed by atoms with Crippen molar-refractivity contribution in [2.45, 2.75) is 57.6 Å². The SMILES string of the molecule is CC(C)(C)OC(=O)ON1CCCC(c2nc3ncc(Cl)c(N[C@H]4[C@@H](C(N)=O)[C@@H]5C=C[C@H]4C5)c3[nH]2)C1. The van der Waals surface area contributed by atoms with Crippen LogP contribution in [0.25, 0.3) is 11.2 Å². The van der Waals surface area contributed by atoms with Crippen LogP contribution in [0.4, 0.5) is 10.5 Å². The number of carbonyl (C=O) groups excluding carboxylic acids is 2. The minimum atomic E-state index is -0.716. The normalized spacial score (nSPS) is 28.4. The van der Waals surface area contributed by atoms with Gasteiger partial charge in [0, 0.05) is 25.0 Å². The molecule has 3 heterocycles. The van der Waals surface area contributed by atoms with Crippen molar-refractivity contribution in [2.24, 2.45) is 23.5 Å². The number of nitrogens with zero attached hydrogens (tertiary/aromatic N) is 3. The van der Waals surface area contributed by atoms with Gasteiger partial charge in [-0.25, -0.2) is 14.8 Å². The van der Waals surface area contributed by atoms with Crippen molar-refractivity contribution in [3.05, 3.63) is 29.2 Å². The summed E-state index contributed by atoms with van der Waals surface area (Å²) in [5.41, 5.74) is 7.00. The van der Waals surface area contributed by atoms with Gasteiger partial charge in [-0.1, -0.05) is 23.8 Å². The van der Waals surface area contributed by atoms with Crippen LogP contribution >= 0.6 is 11.6 Å². The van der Waals surface area contributed by atoms with Crippen molar-refractivity contribution in [3.63, 3.8) is 0 Å². The molecule has 2 aromatic heterocycles. The summed E-state index contributed by atoms with van der Waals surface area (Å²) in [4.78, 5) is 42.2. The number of nitrogens with one attached hydrogen (secondary N) is 2. The fraction of sp³-hybridized carbons (Fsp3) is 0.583. The number of ether oxygens (including phenoxy) is 1. The highest BCUT2D eigenvalue weighted by atomic mass is 35.5. The Hall–Kier alpha value is -2.85. The number of hydrogen-bond donors (Lipinski definition) is 3. The van der Waals surface area contributed by atoms with Crippen LogP contribution in [-0.4, -0.2) is 56.8 Å². The molecule has 11 heteroatoms. The average molecular weight is 503 g/mol. The van der Waals surface area contributed by atoms with Gasteiger partial charge < -0.3 is 25.6 Å². The summed E-state index contributed by atoms with van der Waals surface area (Å²) < 4.78 is 5.27. The molecule has 2 bridgehead atoms. The Morgan fingerprint density at radius 2 is 2.06 bits per heavy atom. The molecule has 3 aliphatic rings. The van der Waals surface area contributed by atoms with E-state index < -0.39 is 11.8 Å². The molecule has 5 rings (SSSR count). The lowest BCUT2D eigenvalue weighted by Gasteiger charge is -2.30. The number of rotatable bonds is 5. The summed E-state index contributed by atoms with van der Waals surface area (Å²) in [5, 5.41) is 5.56. The highest BCUT2D eigenvalue weighted by molar-refractivity contribution is 6.34. The van der Waals surface area contributed by atoms with E-state index in [4.69, 9.17) is 31.9 Å². The Morgan fingerprint density at radius 1 is 1.29 bits per heavy atom. The lowest BCUT2D eigenvalue weighted by atomic mass is 9.88. The van der Waals surface area contributed by atoms with E-state index in [1.807, 2.05) is 0 Å². The van der Waals surface area contributed by atoms with Gasteiger partial charge in [-0.2, -0.15) is 0 Å². The molecular weight excluding hydrogens is 472 g/mol. The van der Waals surface area contributed by atoms with Crippen LogP contribution in [0.3, 0.4) is 0 Å². The largest absolute Gasteiger partial charge is 0.528 e. The maximum absolute atomic E-state index is 12.2. The van der Waals surface area contributed by atoms with Crippen molar-refractivity contribution in [1.29, 1.82) is 0 Å². The minimum absolute atomic E-state index is 0.0100. The lowest BCUT2D eigenvalue weighted by molar-refractivity contribution is -0.153. The molecule has 1 saturated carbocycles. The van der Waals surface area contributed by atoms with Crippen LogP contribution < -0.4 is 11.1 Å². The molecule has 1 unspecified atom stereocenters. The molecular formula is C24H31ClN6O4. The summed E-state index contributed by atoms with van der Waals surface area (Å²) in [6, 6.07) is -0.134. The molecule has 188 valence electrons. The van der Waals surface area contributed by atoms with Gasteiger partial charge in [-0.15, -0.1) is 5.06 Å². The average Bonchev–Trinajstić information content (AvgIpc) is 3.49. The van der Waals surface area contributed by atoms with Crippen molar-refractivity contribution in [2.75, 3.05) is 18.4 Å². The van der Waals surface area contributed by atoms with Gasteiger partial charge in [0.1, 0.15) is 16.9 Å². The highest BCUT2D eigenvalue weighted by Gasteiger charge is 2.47. The summed E-state index contributed by atoms with van der Waals surface area (Å²) in [7, 11) is 0. The number of halogens is 1. The molecule has 5 atom stereocenters. The van der Waals surface area contributed by atoms with Gasteiger partial charge in [-0.05, 0) is 51.9 Å². The zero-order chi connectivity index (χ0) is 24.9. The molecule has 2 fully saturated rings. The first-order valence-corrected chi connectivity index (χ1v) is 12.4. The van der Waals surface area contributed by atoms with E-state index in [-0.39, 0.29) is 35.6 Å². The molecule has 1 amide bonds. The quantitative estimate of drug-likeness (QED) is 0.415. The van der Waals surface area contributed by atoms with Gasteiger partial charge in [0.15, 0.2) is 5.65 Å². The molecule has 1 saturated heterocycles. The Balaban J connectivity index is 1.36. The summed E-state index contributed by atoms with van der Waals surface area (Å²) in [6.07, 6.45) is 7.70. The van der Waals surface area contributed by atoms with E-state index in [2.05, 4.69) is 27.4 Å². The summed E-state index contributed by atoms with van der Waals surface area (Å²) in [6.45, 7) is 6.49. The number of amides is 1. The molecule has 4 N–H and O–H groups in total. The Kier molecular flexibility index (Phi) is 6.13. The van der Waals surface area contributed by atoms with E-state index in [0.717, 1.165) is 25.1 Å². The highest BCUT2D eigenvalue weighted by Crippen LogP contribution is 2.46. The van der Waals surface area contributed by atoms with Crippen molar-refractivity contribution >= 4 is 40.5 Å². The second kappa shape index (κ2) is 8.98. The third-order valence-electron chi connectivity index (χ3n) is 6.95. The van der Waals surface area contributed by atoms with Crippen LogP contribution in [-0.2, 0) is 14.4 Å². The zero-order valence-electron chi connectivity index (χ0n) is 20.1. The van der Waals surface area contributed by atoms with Gasteiger partial charge in [0.2, 0.25) is 5.91 Å². The van der Waals surface area contributed by atoms with Crippen LogP contribution in [0.1, 0.15) is 51.8 Å². The number of piperidine rings is 1. The monoisotopic (exact) mass is 502 g/mol. The summed E-state index contributed by atoms with van der Waals surface area (Å²) in [5.74, 6) is 0.532. The van der Waals surface area contributed by atoms with E-state index in [9.17, 15) is 9.59 Å². The number of hydroxylamine groups is 2. The topological polar surface area (TPSA) is 135 Å². The molecule has 0 radical (unpaired) electrons. The number of fused-ring (bicyclic) bond motifs is 3. The maximum Gasteiger partial charge on any atom is 0.528 e. The molecule has 10 nitrogen and oxygen atoms in total. The number of aromatic nitrogens is 3. The van der Waals surface area contributed by atoms with Crippen LogP contribution in [0.15, 0.2) is 18.3 Å². The van der Waals surface area contributed by atoms with Gasteiger partial charge in [-0.3, -0.25) is 4.79 Å². The predicted molar refractivity (Wildman–Crippen MR) is 131 cm³/mol. The summed E-state index contributed by atoms with van der Waals surface area (Å²) >= 11 is 6.55. The number of primary amides is 1. The van der Waals surface area contributed by atoms with E-state index in [1.54, 1.807) is 32.0 Å². The first kappa shape index (κ1) is 23.9. The fourth-order valence-electron chi connectivity index (χ4n) is 5.48. The number of allylic oxidation sites excluding steroid dienone is 1. The molecule has 2 aliphatic carbocycles. The number of nitrogens with two attached hydrogens (primary N) is 1. The van der Waals surface area contributed by atoms with Crippen molar-refractivity contribution < 1.29 is 19.2 Å². The first-order valence-electron chi connectivity index (χ1n) is 12.0. The minimum Gasteiger partial charge on any atom is -0.427 e. The smallest absolute Gasteiger partial charge is 0.427 e. The molecule has 35 heavy (non-hydrogen) atoms. The van der Waals surface area contributed by atoms with Gasteiger partial charge in [0.05, 0.1) is 22.8 Å². The second-order valence-electron chi connectivity index (χ2n) is 10.6. The molecule has 2 aromatic rings. The lowest BCUT2D eigenvalue weighted by Crippen LogP contribution is -2.41. The fourth-order valence-corrected chi connectivity index (χ4v) is 5.68. The van der Waals surface area contributed by atoms with Gasteiger partial charge in [0.25, 0.3) is 0 Å². The molecule has 0 spiro atoms. The van der Waals surface area contributed by atoms with Crippen LogP contribution in [0.2, 0.25) is 5.02 Å². The second-order valence-corrected chi connectivity index (χ2v) is 11.0. The van der Waals surface area contributed by atoms with E-state index in [0.29, 0.717) is 35.0 Å². The third kappa shape index (κ3) is 4.81. The first-order chi connectivity index (χ1) is 16.6. The maximum atomic E-state index is 12.2. The Morgan fingerprint density at radius 3 is 2.80 bits per heavy atom.